The van der Waals surface area contributed by atoms with Crippen molar-refractivity contribution in [2.24, 2.45) is 15.9 Å². The Morgan fingerprint density at radius 1 is 1.16 bits per heavy atom. The summed E-state index contributed by atoms with van der Waals surface area (Å²) in [4.78, 5) is 24.4. The van der Waals surface area contributed by atoms with E-state index in [9.17, 15) is 4.79 Å². The molecule has 0 spiro atoms. The number of carbonyl (C=O) groups excluding carboxylic acids is 1. The Bertz CT molecular complexity index is 899. The second-order valence-corrected chi connectivity index (χ2v) is 6.42. The number of hydrogen-bond donors (Lipinski definition) is 0. The summed E-state index contributed by atoms with van der Waals surface area (Å²) in [6, 6.07) is 7.55. The molecule has 1 aliphatic heterocycles. The van der Waals surface area contributed by atoms with Crippen LogP contribution in [0.3, 0.4) is 0 Å². The van der Waals surface area contributed by atoms with Crippen LogP contribution in [-0.2, 0) is 4.79 Å². The Morgan fingerprint density at radius 2 is 1.92 bits per heavy atom. The number of guanidine groups is 1. The molecule has 0 fully saturated rings. The third kappa shape index (κ3) is 2.43. The van der Waals surface area contributed by atoms with E-state index in [1.165, 1.54) is 0 Å². The molecule has 3 aliphatic rings. The van der Waals surface area contributed by atoms with Crippen molar-refractivity contribution in [3.05, 3.63) is 59.3 Å². The smallest absolute Gasteiger partial charge is 0.226 e. The van der Waals surface area contributed by atoms with Crippen LogP contribution in [0.4, 0.5) is 0 Å². The number of benzene rings is 1. The second-order valence-electron chi connectivity index (χ2n) is 6.42. The highest BCUT2D eigenvalue weighted by molar-refractivity contribution is 6.39. The predicted molar refractivity (Wildman–Crippen MR) is 98.8 cm³/mol. The SMILES string of the molecule is COc1ccc(C2=C3N=C(N(C)C)N=C3C3=CC=CCC3C2=O)cc1. The lowest BCUT2D eigenvalue weighted by Gasteiger charge is -2.27. The molecule has 0 aromatic heterocycles. The number of ether oxygens (including phenoxy) is 1. The molecule has 0 saturated carbocycles. The highest BCUT2D eigenvalue weighted by Gasteiger charge is 2.40. The summed E-state index contributed by atoms with van der Waals surface area (Å²) in [5.41, 5.74) is 3.97. The molecule has 2 aliphatic carbocycles. The van der Waals surface area contributed by atoms with Gasteiger partial charge in [-0.15, -0.1) is 0 Å². The fourth-order valence-corrected chi connectivity index (χ4v) is 3.36. The number of ketones is 1. The molecular weight excluding hydrogens is 314 g/mol. The van der Waals surface area contributed by atoms with E-state index in [1.807, 2.05) is 61.5 Å². The van der Waals surface area contributed by atoms with Gasteiger partial charge in [0, 0.05) is 14.1 Å². The molecule has 0 amide bonds. The number of Topliss-reactive ketones (excluding diaryl/α,β-unsaturated/α-hetero) is 1. The maximum absolute atomic E-state index is 13.2. The Kier molecular flexibility index (Phi) is 3.64. The molecular formula is C20H19N3O2. The number of fused-ring (bicyclic) bond motifs is 3. The normalized spacial score (nSPS) is 21.3. The zero-order chi connectivity index (χ0) is 17.6. The Balaban J connectivity index is 1.92. The molecule has 0 saturated heterocycles. The molecule has 1 unspecified atom stereocenters. The molecule has 5 nitrogen and oxygen atoms in total. The van der Waals surface area contributed by atoms with Crippen LogP contribution in [0, 0.1) is 5.92 Å². The lowest BCUT2D eigenvalue weighted by atomic mass is 9.75. The Labute approximate surface area is 146 Å². The summed E-state index contributed by atoms with van der Waals surface area (Å²) < 4.78 is 5.23. The van der Waals surface area contributed by atoms with Crippen LogP contribution in [0.2, 0.25) is 0 Å². The van der Waals surface area contributed by atoms with Gasteiger partial charge in [-0.05, 0) is 29.7 Å². The minimum absolute atomic E-state index is 0.110. The summed E-state index contributed by atoms with van der Waals surface area (Å²) in [5, 5.41) is 0. The maximum Gasteiger partial charge on any atom is 0.226 e. The number of nitrogens with zero attached hydrogens (tertiary/aromatic N) is 3. The first-order chi connectivity index (χ1) is 12.1. The molecule has 1 heterocycles. The standard InChI is InChI=1S/C20H19N3O2/c1-23(2)20-21-17-14-6-4-5-7-15(14)19(24)16(18(17)22-20)12-8-10-13(25-3)11-9-12/h4-6,8-11,15H,7H2,1-3H3. The van der Waals surface area contributed by atoms with E-state index in [1.54, 1.807) is 7.11 Å². The first-order valence-electron chi connectivity index (χ1n) is 8.25. The van der Waals surface area contributed by atoms with Gasteiger partial charge in [0.1, 0.15) is 11.4 Å². The lowest BCUT2D eigenvalue weighted by molar-refractivity contribution is -0.116. The molecule has 0 radical (unpaired) electrons. The van der Waals surface area contributed by atoms with Gasteiger partial charge in [0.25, 0.3) is 0 Å². The van der Waals surface area contributed by atoms with Crippen molar-refractivity contribution in [2.75, 3.05) is 21.2 Å². The van der Waals surface area contributed by atoms with Crippen molar-refractivity contribution in [1.29, 1.82) is 0 Å². The predicted octanol–water partition coefficient (Wildman–Crippen LogP) is 2.86. The number of methoxy groups -OCH3 is 1. The highest BCUT2D eigenvalue weighted by atomic mass is 16.5. The third-order valence-corrected chi connectivity index (χ3v) is 4.66. The van der Waals surface area contributed by atoms with Gasteiger partial charge in [-0.2, -0.15) is 0 Å². The van der Waals surface area contributed by atoms with E-state index in [4.69, 9.17) is 9.73 Å². The van der Waals surface area contributed by atoms with Gasteiger partial charge in [0.2, 0.25) is 5.96 Å². The molecule has 126 valence electrons. The number of carbonyl (C=O) groups is 1. The molecule has 4 rings (SSSR count). The molecule has 25 heavy (non-hydrogen) atoms. The first-order valence-corrected chi connectivity index (χ1v) is 8.25. The van der Waals surface area contributed by atoms with Gasteiger partial charge in [0.15, 0.2) is 5.78 Å². The van der Waals surface area contributed by atoms with Gasteiger partial charge in [-0.25, -0.2) is 9.98 Å². The molecule has 5 heteroatoms. The van der Waals surface area contributed by atoms with Crippen molar-refractivity contribution in [3.8, 4) is 5.75 Å². The zero-order valence-corrected chi connectivity index (χ0v) is 14.5. The third-order valence-electron chi connectivity index (χ3n) is 4.66. The van der Waals surface area contributed by atoms with E-state index in [0.717, 1.165) is 22.6 Å². The van der Waals surface area contributed by atoms with Crippen LogP contribution in [-0.4, -0.2) is 43.6 Å². The summed E-state index contributed by atoms with van der Waals surface area (Å²) in [5.74, 6) is 1.32. The molecule has 1 atom stereocenters. The second kappa shape index (κ2) is 5.84. The van der Waals surface area contributed by atoms with Crippen LogP contribution < -0.4 is 4.74 Å². The van der Waals surface area contributed by atoms with Gasteiger partial charge in [-0.3, -0.25) is 4.79 Å². The highest BCUT2D eigenvalue weighted by Crippen LogP contribution is 2.40. The van der Waals surface area contributed by atoms with Crippen molar-refractivity contribution in [3.63, 3.8) is 0 Å². The van der Waals surface area contributed by atoms with Crippen LogP contribution >= 0.6 is 0 Å². The van der Waals surface area contributed by atoms with E-state index >= 15 is 0 Å². The van der Waals surface area contributed by atoms with Gasteiger partial charge >= 0.3 is 0 Å². The number of allylic oxidation sites excluding steroid dienone is 5. The quantitative estimate of drug-likeness (QED) is 0.836. The minimum atomic E-state index is -0.179. The van der Waals surface area contributed by atoms with Crippen LogP contribution in [0.25, 0.3) is 5.57 Å². The van der Waals surface area contributed by atoms with E-state index in [0.29, 0.717) is 23.7 Å². The number of hydrogen-bond acceptors (Lipinski definition) is 5. The fraction of sp³-hybridized carbons (Fsp3) is 0.250. The Hall–Kier alpha value is -2.95. The average molecular weight is 333 g/mol. The van der Waals surface area contributed by atoms with Crippen molar-refractivity contribution in [2.45, 2.75) is 6.42 Å². The largest absolute Gasteiger partial charge is 0.497 e. The summed E-state index contributed by atoms with van der Waals surface area (Å²) in [6.07, 6.45) is 6.72. The summed E-state index contributed by atoms with van der Waals surface area (Å²) in [7, 11) is 5.44. The van der Waals surface area contributed by atoms with E-state index in [-0.39, 0.29) is 11.7 Å². The topological polar surface area (TPSA) is 54.3 Å². The van der Waals surface area contributed by atoms with Crippen LogP contribution in [0.5, 0.6) is 5.75 Å². The summed E-state index contributed by atoms with van der Waals surface area (Å²) in [6.45, 7) is 0. The first kappa shape index (κ1) is 15.6. The van der Waals surface area contributed by atoms with Crippen LogP contribution in [0.15, 0.2) is 63.7 Å². The monoisotopic (exact) mass is 333 g/mol. The van der Waals surface area contributed by atoms with Gasteiger partial charge in [0.05, 0.1) is 24.3 Å². The molecule has 0 N–H and O–H groups in total. The molecule has 1 aromatic rings. The number of aliphatic imine (C=N–C) groups is 2. The fourth-order valence-electron chi connectivity index (χ4n) is 3.36. The molecule has 1 aromatic carbocycles. The Morgan fingerprint density at radius 3 is 2.60 bits per heavy atom. The molecule has 0 bridgehead atoms. The minimum Gasteiger partial charge on any atom is -0.497 e. The van der Waals surface area contributed by atoms with Crippen molar-refractivity contribution < 1.29 is 9.53 Å². The van der Waals surface area contributed by atoms with Crippen molar-refractivity contribution in [1.82, 2.24) is 4.90 Å². The van der Waals surface area contributed by atoms with E-state index in [2.05, 4.69) is 4.99 Å². The van der Waals surface area contributed by atoms with Gasteiger partial charge < -0.3 is 9.64 Å². The van der Waals surface area contributed by atoms with Gasteiger partial charge in [-0.1, -0.05) is 30.4 Å². The number of rotatable bonds is 2. The van der Waals surface area contributed by atoms with E-state index < -0.39 is 0 Å². The van der Waals surface area contributed by atoms with Crippen LogP contribution in [0.1, 0.15) is 12.0 Å². The zero-order valence-electron chi connectivity index (χ0n) is 14.5. The lowest BCUT2D eigenvalue weighted by Crippen LogP contribution is -2.30. The summed E-state index contributed by atoms with van der Waals surface area (Å²) >= 11 is 0. The maximum atomic E-state index is 13.2. The average Bonchev–Trinajstić information content (AvgIpc) is 3.08. The van der Waals surface area contributed by atoms with Crippen molar-refractivity contribution >= 4 is 23.0 Å².